The Hall–Kier alpha value is -0.460. The van der Waals surface area contributed by atoms with Crippen molar-refractivity contribution in [2.24, 2.45) is 12.8 Å². The van der Waals surface area contributed by atoms with Crippen LogP contribution in [0.15, 0.2) is 4.60 Å². The SMILES string of the molecule is CCCC(OC)C(N)c1c(Br)nnn1C. The molecule has 0 bridgehead atoms. The smallest absolute Gasteiger partial charge is 0.153 e. The number of nitrogens with zero attached hydrogens (tertiary/aromatic N) is 3. The minimum absolute atomic E-state index is 0.00324. The van der Waals surface area contributed by atoms with Crippen molar-refractivity contribution in [3.05, 3.63) is 10.3 Å². The molecule has 6 heteroatoms. The molecule has 0 amide bonds. The van der Waals surface area contributed by atoms with Crippen molar-refractivity contribution in [2.45, 2.75) is 31.9 Å². The fourth-order valence-corrected chi connectivity index (χ4v) is 2.19. The summed E-state index contributed by atoms with van der Waals surface area (Å²) in [7, 11) is 3.50. The van der Waals surface area contributed by atoms with Crippen molar-refractivity contribution in [3.8, 4) is 0 Å². The normalized spacial score (nSPS) is 15.3. The molecule has 0 aliphatic carbocycles. The van der Waals surface area contributed by atoms with Crippen molar-refractivity contribution >= 4 is 15.9 Å². The van der Waals surface area contributed by atoms with Crippen LogP contribution in [0, 0.1) is 0 Å². The molecule has 0 radical (unpaired) electrons. The third-order valence-electron chi connectivity index (χ3n) is 2.42. The van der Waals surface area contributed by atoms with Gasteiger partial charge in [-0.25, -0.2) is 4.68 Å². The number of rotatable bonds is 5. The van der Waals surface area contributed by atoms with Crippen molar-refractivity contribution in [3.63, 3.8) is 0 Å². The average molecular weight is 277 g/mol. The van der Waals surface area contributed by atoms with Gasteiger partial charge in [-0.05, 0) is 22.4 Å². The van der Waals surface area contributed by atoms with Crippen molar-refractivity contribution in [1.29, 1.82) is 0 Å². The lowest BCUT2D eigenvalue weighted by molar-refractivity contribution is 0.0701. The number of methoxy groups -OCH3 is 1. The summed E-state index contributed by atoms with van der Waals surface area (Å²) < 4.78 is 7.74. The van der Waals surface area contributed by atoms with E-state index < -0.39 is 0 Å². The molecule has 5 nitrogen and oxygen atoms in total. The highest BCUT2D eigenvalue weighted by Gasteiger charge is 2.24. The van der Waals surface area contributed by atoms with Gasteiger partial charge in [-0.1, -0.05) is 18.6 Å². The van der Waals surface area contributed by atoms with Gasteiger partial charge in [0.1, 0.15) is 0 Å². The van der Waals surface area contributed by atoms with Crippen LogP contribution in [0.5, 0.6) is 0 Å². The fourth-order valence-electron chi connectivity index (χ4n) is 1.60. The van der Waals surface area contributed by atoms with Crippen LogP contribution in [0.4, 0.5) is 0 Å². The minimum atomic E-state index is -0.204. The lowest BCUT2D eigenvalue weighted by atomic mass is 10.0. The first kappa shape index (κ1) is 12.6. The summed E-state index contributed by atoms with van der Waals surface area (Å²) in [6, 6.07) is -0.204. The Bertz CT molecular complexity index is 296. The Morgan fingerprint density at radius 2 is 2.27 bits per heavy atom. The van der Waals surface area contributed by atoms with Crippen LogP contribution in [0.3, 0.4) is 0 Å². The first-order valence-corrected chi connectivity index (χ1v) is 5.74. The molecule has 0 aromatic carbocycles. The van der Waals surface area contributed by atoms with Crippen LogP contribution >= 0.6 is 15.9 Å². The second-order valence-corrected chi connectivity index (χ2v) is 4.23. The molecule has 2 unspecified atom stereocenters. The minimum Gasteiger partial charge on any atom is -0.379 e. The fraction of sp³-hybridized carbons (Fsp3) is 0.778. The molecule has 86 valence electrons. The van der Waals surface area contributed by atoms with Crippen molar-refractivity contribution < 1.29 is 4.74 Å². The summed E-state index contributed by atoms with van der Waals surface area (Å²) in [4.78, 5) is 0. The molecule has 2 atom stereocenters. The average Bonchev–Trinajstić information content (AvgIpc) is 2.54. The van der Waals surface area contributed by atoms with E-state index in [0.29, 0.717) is 4.60 Å². The van der Waals surface area contributed by atoms with Crippen LogP contribution in [0.1, 0.15) is 31.5 Å². The second-order valence-electron chi connectivity index (χ2n) is 3.48. The van der Waals surface area contributed by atoms with Gasteiger partial charge in [0.25, 0.3) is 0 Å². The van der Waals surface area contributed by atoms with Gasteiger partial charge in [0.2, 0.25) is 0 Å². The van der Waals surface area contributed by atoms with E-state index in [1.54, 1.807) is 11.8 Å². The van der Waals surface area contributed by atoms with Gasteiger partial charge in [-0.3, -0.25) is 0 Å². The highest BCUT2D eigenvalue weighted by atomic mass is 79.9. The summed E-state index contributed by atoms with van der Waals surface area (Å²) in [6.45, 7) is 2.11. The molecule has 0 spiro atoms. The van der Waals surface area contributed by atoms with E-state index in [9.17, 15) is 0 Å². The van der Waals surface area contributed by atoms with Gasteiger partial charge >= 0.3 is 0 Å². The first-order chi connectivity index (χ1) is 7.11. The monoisotopic (exact) mass is 276 g/mol. The zero-order chi connectivity index (χ0) is 11.4. The van der Waals surface area contributed by atoms with Gasteiger partial charge in [-0.2, -0.15) is 0 Å². The van der Waals surface area contributed by atoms with Crippen LogP contribution in [0.25, 0.3) is 0 Å². The maximum atomic E-state index is 6.13. The summed E-state index contributed by atoms with van der Waals surface area (Å²) in [5.74, 6) is 0. The quantitative estimate of drug-likeness (QED) is 0.883. The molecule has 0 saturated carbocycles. The van der Waals surface area contributed by atoms with Gasteiger partial charge in [-0.15, -0.1) is 5.10 Å². The molecule has 1 heterocycles. The molecule has 1 rings (SSSR count). The lowest BCUT2D eigenvalue weighted by Gasteiger charge is -2.22. The molecule has 15 heavy (non-hydrogen) atoms. The standard InChI is InChI=1S/C9H17BrN4O/c1-4-5-6(15-3)7(11)8-9(10)12-13-14(8)2/h6-7H,4-5,11H2,1-3H3. The highest BCUT2D eigenvalue weighted by molar-refractivity contribution is 9.10. The Morgan fingerprint density at radius 1 is 1.60 bits per heavy atom. The van der Waals surface area contributed by atoms with E-state index >= 15 is 0 Å². The first-order valence-electron chi connectivity index (χ1n) is 4.95. The second kappa shape index (κ2) is 5.58. The van der Waals surface area contributed by atoms with E-state index in [-0.39, 0.29) is 12.1 Å². The predicted molar refractivity (Wildman–Crippen MR) is 61.3 cm³/mol. The van der Waals surface area contributed by atoms with Crippen LogP contribution < -0.4 is 5.73 Å². The number of halogens is 1. The zero-order valence-corrected chi connectivity index (χ0v) is 10.9. The number of aromatic nitrogens is 3. The number of ether oxygens (including phenoxy) is 1. The van der Waals surface area contributed by atoms with E-state index in [4.69, 9.17) is 10.5 Å². The third kappa shape index (κ3) is 2.76. The molecule has 1 aromatic rings. The van der Waals surface area contributed by atoms with Gasteiger partial charge < -0.3 is 10.5 Å². The number of aryl methyl sites for hydroxylation is 1. The maximum Gasteiger partial charge on any atom is 0.153 e. The lowest BCUT2D eigenvalue weighted by Crippen LogP contribution is -2.30. The molecule has 0 aliphatic heterocycles. The Labute approximate surface area is 98.1 Å². The molecule has 1 aromatic heterocycles. The van der Waals surface area contributed by atoms with Gasteiger partial charge in [0, 0.05) is 14.2 Å². The highest BCUT2D eigenvalue weighted by Crippen LogP contribution is 2.24. The summed E-state index contributed by atoms with van der Waals surface area (Å²) in [5, 5.41) is 7.81. The van der Waals surface area contributed by atoms with Crippen LogP contribution in [0.2, 0.25) is 0 Å². The van der Waals surface area contributed by atoms with Crippen molar-refractivity contribution in [1.82, 2.24) is 15.0 Å². The number of nitrogens with two attached hydrogens (primary N) is 1. The Balaban J connectivity index is 2.86. The van der Waals surface area contributed by atoms with E-state index in [2.05, 4.69) is 33.2 Å². The van der Waals surface area contributed by atoms with E-state index in [1.165, 1.54) is 0 Å². The van der Waals surface area contributed by atoms with Crippen LogP contribution in [-0.2, 0) is 11.8 Å². The van der Waals surface area contributed by atoms with Crippen molar-refractivity contribution in [2.75, 3.05) is 7.11 Å². The topological polar surface area (TPSA) is 66.0 Å². The Morgan fingerprint density at radius 3 is 2.67 bits per heavy atom. The van der Waals surface area contributed by atoms with E-state index in [1.807, 2.05) is 7.05 Å². The molecule has 0 saturated heterocycles. The van der Waals surface area contributed by atoms with Crippen LogP contribution in [-0.4, -0.2) is 28.2 Å². The molecule has 2 N–H and O–H groups in total. The Kier molecular flexibility index (Phi) is 4.69. The molecular formula is C9H17BrN4O. The zero-order valence-electron chi connectivity index (χ0n) is 9.27. The van der Waals surface area contributed by atoms with E-state index in [0.717, 1.165) is 18.5 Å². The molecule has 0 aliphatic rings. The largest absolute Gasteiger partial charge is 0.379 e. The summed E-state index contributed by atoms with van der Waals surface area (Å²) in [5.41, 5.74) is 7.00. The predicted octanol–water partition coefficient (Wildman–Crippen LogP) is 1.39. The summed E-state index contributed by atoms with van der Waals surface area (Å²) in [6.07, 6.45) is 1.97. The number of hydrogen-bond donors (Lipinski definition) is 1. The molecular weight excluding hydrogens is 260 g/mol. The van der Waals surface area contributed by atoms with Gasteiger partial charge in [0.15, 0.2) is 4.60 Å². The third-order valence-corrected chi connectivity index (χ3v) is 2.98. The molecule has 0 fully saturated rings. The number of hydrogen-bond acceptors (Lipinski definition) is 4. The maximum absolute atomic E-state index is 6.13. The van der Waals surface area contributed by atoms with Gasteiger partial charge in [0.05, 0.1) is 17.8 Å². The summed E-state index contributed by atoms with van der Waals surface area (Å²) >= 11 is 3.34.